The van der Waals surface area contributed by atoms with Crippen LogP contribution in [0.1, 0.15) is 42.7 Å². The molecule has 2 aliphatic rings. The van der Waals surface area contributed by atoms with E-state index in [1.807, 2.05) is 0 Å². The van der Waals surface area contributed by atoms with E-state index < -0.39 is 0 Å². The first kappa shape index (κ1) is 8.49. The van der Waals surface area contributed by atoms with Gasteiger partial charge in [0, 0.05) is 11.5 Å². The van der Waals surface area contributed by atoms with Crippen LogP contribution in [0.3, 0.4) is 0 Å². The zero-order valence-electron chi connectivity index (χ0n) is 8.50. The van der Waals surface area contributed by atoms with Gasteiger partial charge in [-0.25, -0.2) is 0 Å². The molecular weight excluding hydrogens is 170 g/mol. The van der Waals surface area contributed by atoms with Crippen molar-refractivity contribution in [1.29, 1.82) is 0 Å². The molecule has 2 N–H and O–H groups in total. The van der Waals surface area contributed by atoms with Crippen LogP contribution in [-0.2, 0) is 6.42 Å². The predicted molar refractivity (Wildman–Crippen MR) is 58.3 cm³/mol. The van der Waals surface area contributed by atoms with Crippen molar-refractivity contribution in [2.75, 3.05) is 0 Å². The van der Waals surface area contributed by atoms with Crippen molar-refractivity contribution in [3.63, 3.8) is 0 Å². The fourth-order valence-corrected chi connectivity index (χ4v) is 3.33. The van der Waals surface area contributed by atoms with Gasteiger partial charge >= 0.3 is 0 Å². The van der Waals surface area contributed by atoms with Gasteiger partial charge in [-0.3, -0.25) is 0 Å². The predicted octanol–water partition coefficient (Wildman–Crippen LogP) is 2.60. The SMILES string of the molecule is N[C@]12CCCC[C@H]1c1ccccc1C2. The van der Waals surface area contributed by atoms with Gasteiger partial charge in [-0.1, -0.05) is 37.1 Å². The van der Waals surface area contributed by atoms with Crippen LogP contribution in [0, 0.1) is 0 Å². The lowest BCUT2D eigenvalue weighted by Gasteiger charge is -2.36. The van der Waals surface area contributed by atoms with Gasteiger partial charge in [0.15, 0.2) is 0 Å². The van der Waals surface area contributed by atoms with E-state index in [4.69, 9.17) is 5.73 Å². The summed E-state index contributed by atoms with van der Waals surface area (Å²) in [4.78, 5) is 0. The van der Waals surface area contributed by atoms with Gasteiger partial charge in [-0.15, -0.1) is 0 Å². The number of hydrogen-bond donors (Lipinski definition) is 1. The minimum atomic E-state index is 0.0991. The molecule has 2 atom stereocenters. The molecule has 1 heteroatoms. The Morgan fingerprint density at radius 2 is 2.07 bits per heavy atom. The Balaban J connectivity index is 2.07. The summed E-state index contributed by atoms with van der Waals surface area (Å²) in [7, 11) is 0. The van der Waals surface area contributed by atoms with Crippen LogP contribution in [0.15, 0.2) is 24.3 Å². The van der Waals surface area contributed by atoms with Crippen molar-refractivity contribution in [1.82, 2.24) is 0 Å². The molecule has 0 heterocycles. The van der Waals surface area contributed by atoms with E-state index in [0.717, 1.165) is 6.42 Å². The maximum atomic E-state index is 6.51. The Morgan fingerprint density at radius 1 is 1.21 bits per heavy atom. The summed E-state index contributed by atoms with van der Waals surface area (Å²) in [5.74, 6) is 0.646. The molecule has 0 radical (unpaired) electrons. The number of nitrogens with two attached hydrogens (primary N) is 1. The zero-order valence-corrected chi connectivity index (χ0v) is 8.50. The summed E-state index contributed by atoms with van der Waals surface area (Å²) in [5.41, 5.74) is 9.65. The highest BCUT2D eigenvalue weighted by Crippen LogP contribution is 2.47. The standard InChI is InChI=1S/C13H17N/c14-13-8-4-3-7-12(13)11-6-2-1-5-10(11)9-13/h1-2,5-6,12H,3-4,7-9,14H2/t12-,13-/m0/s1. The first-order valence-electron chi connectivity index (χ1n) is 5.66. The Kier molecular flexibility index (Phi) is 1.72. The molecule has 1 aromatic rings. The lowest BCUT2D eigenvalue weighted by Crippen LogP contribution is -2.45. The molecule has 0 unspecified atom stereocenters. The van der Waals surface area contributed by atoms with Crippen LogP contribution in [0.2, 0.25) is 0 Å². The quantitative estimate of drug-likeness (QED) is 0.663. The maximum Gasteiger partial charge on any atom is 0.0264 e. The summed E-state index contributed by atoms with van der Waals surface area (Å²) in [6, 6.07) is 8.82. The molecule has 1 fully saturated rings. The highest BCUT2D eigenvalue weighted by molar-refractivity contribution is 5.41. The van der Waals surface area contributed by atoms with Gasteiger partial charge in [-0.2, -0.15) is 0 Å². The molecule has 1 nitrogen and oxygen atoms in total. The van der Waals surface area contributed by atoms with E-state index in [9.17, 15) is 0 Å². The van der Waals surface area contributed by atoms with Crippen molar-refractivity contribution in [3.05, 3.63) is 35.4 Å². The average Bonchev–Trinajstić information content (AvgIpc) is 2.49. The third-order valence-corrected chi connectivity index (χ3v) is 4.03. The van der Waals surface area contributed by atoms with Gasteiger partial charge in [0.05, 0.1) is 0 Å². The summed E-state index contributed by atoms with van der Waals surface area (Å²) in [6.45, 7) is 0. The Hall–Kier alpha value is -0.820. The average molecular weight is 187 g/mol. The summed E-state index contributed by atoms with van der Waals surface area (Å²) in [5, 5.41) is 0. The first-order valence-corrected chi connectivity index (χ1v) is 5.66. The van der Waals surface area contributed by atoms with Crippen LogP contribution in [0.25, 0.3) is 0 Å². The van der Waals surface area contributed by atoms with Crippen LogP contribution in [0.5, 0.6) is 0 Å². The molecular formula is C13H17N. The van der Waals surface area contributed by atoms with Crippen LogP contribution in [0.4, 0.5) is 0 Å². The fourth-order valence-electron chi connectivity index (χ4n) is 3.33. The second kappa shape index (κ2) is 2.83. The lowest BCUT2D eigenvalue weighted by atomic mass is 9.74. The van der Waals surface area contributed by atoms with E-state index >= 15 is 0 Å². The number of fused-ring (bicyclic) bond motifs is 3. The third-order valence-electron chi connectivity index (χ3n) is 4.03. The largest absolute Gasteiger partial charge is 0.324 e. The molecule has 3 rings (SSSR count). The molecule has 0 spiro atoms. The Bertz CT molecular complexity index is 358. The molecule has 2 aliphatic carbocycles. The number of hydrogen-bond acceptors (Lipinski definition) is 1. The fraction of sp³-hybridized carbons (Fsp3) is 0.538. The van der Waals surface area contributed by atoms with Crippen molar-refractivity contribution in [3.8, 4) is 0 Å². The molecule has 0 aromatic heterocycles. The minimum absolute atomic E-state index is 0.0991. The van der Waals surface area contributed by atoms with Crippen LogP contribution < -0.4 is 5.73 Å². The third kappa shape index (κ3) is 1.05. The van der Waals surface area contributed by atoms with Crippen LogP contribution in [-0.4, -0.2) is 5.54 Å². The van der Waals surface area contributed by atoms with Crippen molar-refractivity contribution >= 4 is 0 Å². The van der Waals surface area contributed by atoms with Gasteiger partial charge in [-0.05, 0) is 30.4 Å². The molecule has 0 saturated heterocycles. The summed E-state index contributed by atoms with van der Waals surface area (Å²) < 4.78 is 0. The molecule has 0 aliphatic heterocycles. The van der Waals surface area contributed by atoms with E-state index in [-0.39, 0.29) is 5.54 Å². The van der Waals surface area contributed by atoms with Gasteiger partial charge in [0.2, 0.25) is 0 Å². The Labute approximate surface area is 85.3 Å². The van der Waals surface area contributed by atoms with E-state index in [0.29, 0.717) is 5.92 Å². The molecule has 1 saturated carbocycles. The zero-order chi connectivity index (χ0) is 9.60. The van der Waals surface area contributed by atoms with Gasteiger partial charge < -0.3 is 5.73 Å². The second-order valence-corrected chi connectivity index (χ2v) is 4.91. The number of rotatable bonds is 0. The van der Waals surface area contributed by atoms with Gasteiger partial charge in [0.25, 0.3) is 0 Å². The molecule has 14 heavy (non-hydrogen) atoms. The second-order valence-electron chi connectivity index (χ2n) is 4.91. The molecule has 0 amide bonds. The highest BCUT2D eigenvalue weighted by atomic mass is 14.8. The van der Waals surface area contributed by atoms with Crippen molar-refractivity contribution in [2.24, 2.45) is 5.73 Å². The van der Waals surface area contributed by atoms with E-state index in [2.05, 4.69) is 24.3 Å². The molecule has 74 valence electrons. The van der Waals surface area contributed by atoms with Crippen LogP contribution >= 0.6 is 0 Å². The number of benzene rings is 1. The van der Waals surface area contributed by atoms with Gasteiger partial charge in [0.1, 0.15) is 0 Å². The lowest BCUT2D eigenvalue weighted by molar-refractivity contribution is 0.272. The van der Waals surface area contributed by atoms with Crippen molar-refractivity contribution < 1.29 is 0 Å². The maximum absolute atomic E-state index is 6.51. The van der Waals surface area contributed by atoms with Crippen molar-refractivity contribution in [2.45, 2.75) is 43.6 Å². The minimum Gasteiger partial charge on any atom is -0.324 e. The molecule has 0 bridgehead atoms. The normalized spacial score (nSPS) is 35.1. The summed E-state index contributed by atoms with van der Waals surface area (Å²) >= 11 is 0. The first-order chi connectivity index (χ1) is 6.80. The Morgan fingerprint density at radius 3 is 3.00 bits per heavy atom. The monoisotopic (exact) mass is 187 g/mol. The smallest absolute Gasteiger partial charge is 0.0264 e. The highest BCUT2D eigenvalue weighted by Gasteiger charge is 2.43. The summed E-state index contributed by atoms with van der Waals surface area (Å²) in [6.07, 6.45) is 6.30. The molecule has 1 aromatic carbocycles. The van der Waals surface area contributed by atoms with E-state index in [1.165, 1.54) is 36.8 Å². The van der Waals surface area contributed by atoms with E-state index in [1.54, 1.807) is 0 Å². The topological polar surface area (TPSA) is 26.0 Å².